The number of carbonyl (C=O) groups is 2. The first kappa shape index (κ1) is 22.3. The summed E-state index contributed by atoms with van der Waals surface area (Å²) in [6, 6.07) is -1.17. The fraction of sp³-hybridized carbons (Fsp3) is 0.833. The van der Waals surface area contributed by atoms with Crippen LogP contribution in [-0.2, 0) is 0 Å². The molecule has 0 radical (unpaired) electrons. The van der Waals surface area contributed by atoms with Crippen molar-refractivity contribution >= 4 is 35.3 Å². The number of urea groups is 2. The van der Waals surface area contributed by atoms with Gasteiger partial charge in [0.25, 0.3) is 0 Å². The van der Waals surface area contributed by atoms with Gasteiger partial charge in [-0.3, -0.25) is 0 Å². The lowest BCUT2D eigenvalue weighted by molar-refractivity contribution is 0.195. The van der Waals surface area contributed by atoms with Crippen LogP contribution in [0.3, 0.4) is 0 Å². The lowest BCUT2D eigenvalue weighted by Crippen LogP contribution is -2.38. The van der Waals surface area contributed by atoms with Gasteiger partial charge in [0.05, 0.1) is 10.6 Å². The summed E-state index contributed by atoms with van der Waals surface area (Å²) in [6.07, 6.45) is 2.52. The number of nitrogens with zero attached hydrogens (tertiary/aromatic N) is 4. The highest BCUT2D eigenvalue weighted by Crippen LogP contribution is 2.05. The number of hydrogen-bond donors (Lipinski definition) is 2. The normalized spacial score (nSPS) is 9.92. The number of carbonyl (C=O) groups excluding carboxylic acids is 2. The van der Waals surface area contributed by atoms with E-state index in [1.54, 1.807) is 0 Å². The molecule has 0 bridgehead atoms. The van der Waals surface area contributed by atoms with Gasteiger partial charge in [-0.1, -0.05) is 12.8 Å². The van der Waals surface area contributed by atoms with Crippen molar-refractivity contribution in [3.63, 3.8) is 0 Å². The molecule has 0 rings (SSSR count). The average Bonchev–Trinajstić information content (AvgIpc) is 2.60. The number of nitrogens with one attached hydrogen (secondary N) is 2. The lowest BCUT2D eigenvalue weighted by atomic mass is 10.2. The molecule has 12 heteroatoms. The molecule has 0 fully saturated rings. The predicted molar refractivity (Wildman–Crippen MR) is 91.7 cm³/mol. The Labute approximate surface area is 150 Å². The summed E-state index contributed by atoms with van der Waals surface area (Å²) < 4.78 is 0. The Balaban J connectivity index is 3.87. The van der Waals surface area contributed by atoms with Crippen LogP contribution in [0.4, 0.5) is 9.59 Å². The van der Waals surface area contributed by atoms with E-state index in [-0.39, 0.29) is 37.9 Å². The van der Waals surface area contributed by atoms with Gasteiger partial charge >= 0.3 is 12.1 Å². The molecule has 0 aliphatic rings. The Morgan fingerprint density at radius 1 is 0.750 bits per heavy atom. The molecule has 0 aromatic heterocycles. The van der Waals surface area contributed by atoms with Crippen LogP contribution < -0.4 is 10.6 Å². The first-order valence-corrected chi connectivity index (χ1v) is 8.56. The number of unbranched alkanes of at least 4 members (excludes halogenated alkanes) is 3. The minimum Gasteiger partial charge on any atom is -0.335 e. The van der Waals surface area contributed by atoms with E-state index >= 15 is 0 Å². The van der Waals surface area contributed by atoms with Gasteiger partial charge in [0.2, 0.25) is 0 Å². The Bertz CT molecular complexity index is 366. The highest BCUT2D eigenvalue weighted by atomic mass is 35.5. The molecule has 2 N–H and O–H groups in total. The maximum atomic E-state index is 11.5. The Kier molecular flexibility index (Phi) is 13.8. The van der Waals surface area contributed by atoms with Gasteiger partial charge in [0.1, 0.15) is 0 Å². The molecule has 10 nitrogen and oxygen atoms in total. The van der Waals surface area contributed by atoms with Gasteiger partial charge in [-0.25, -0.2) is 9.59 Å². The molecule has 0 unspecified atom stereocenters. The summed E-state index contributed by atoms with van der Waals surface area (Å²) in [5, 5.41) is 11.8. The van der Waals surface area contributed by atoms with Crippen molar-refractivity contribution in [3.05, 3.63) is 9.81 Å². The smallest absolute Gasteiger partial charge is 0.335 e. The van der Waals surface area contributed by atoms with Crippen molar-refractivity contribution in [3.8, 4) is 0 Å². The van der Waals surface area contributed by atoms with Crippen molar-refractivity contribution in [2.45, 2.75) is 25.7 Å². The van der Waals surface area contributed by atoms with E-state index in [2.05, 4.69) is 21.2 Å². The zero-order chi connectivity index (χ0) is 18.2. The number of amides is 4. The summed E-state index contributed by atoms with van der Waals surface area (Å²) in [4.78, 5) is 44.2. The molecule has 24 heavy (non-hydrogen) atoms. The molecule has 0 aromatic carbocycles. The third kappa shape index (κ3) is 10.2. The third-order valence-electron chi connectivity index (χ3n) is 2.90. The Hall–Kier alpha value is -1.68. The zero-order valence-corrected chi connectivity index (χ0v) is 14.8. The SMILES string of the molecule is O=NN(CCCCCCN(N=O)C(=O)NCCCl)C(=O)NCCCl. The van der Waals surface area contributed by atoms with Crippen LogP contribution in [0.15, 0.2) is 10.6 Å². The highest BCUT2D eigenvalue weighted by Gasteiger charge is 2.14. The molecular weight excluding hydrogens is 363 g/mol. The maximum absolute atomic E-state index is 11.5. The van der Waals surface area contributed by atoms with E-state index in [0.29, 0.717) is 25.7 Å². The monoisotopic (exact) mass is 384 g/mol. The maximum Gasteiger partial charge on any atom is 0.340 e. The number of nitroso groups, excluding NO2 is 2. The van der Waals surface area contributed by atoms with Gasteiger partial charge in [0.15, 0.2) is 0 Å². The molecule has 0 saturated carbocycles. The van der Waals surface area contributed by atoms with Crippen LogP contribution in [-0.4, -0.2) is 60.0 Å². The molecule has 0 aliphatic heterocycles. The molecular formula is C12H22Cl2N6O4. The molecule has 4 amide bonds. The van der Waals surface area contributed by atoms with Crippen molar-refractivity contribution in [2.75, 3.05) is 37.9 Å². The number of rotatable bonds is 13. The average molecular weight is 385 g/mol. The van der Waals surface area contributed by atoms with Gasteiger partial charge in [0, 0.05) is 37.9 Å². The molecule has 0 spiro atoms. The van der Waals surface area contributed by atoms with E-state index in [4.69, 9.17) is 23.2 Å². The van der Waals surface area contributed by atoms with E-state index in [1.165, 1.54) is 0 Å². The molecule has 0 aromatic rings. The van der Waals surface area contributed by atoms with E-state index < -0.39 is 12.1 Å². The number of halogens is 2. The summed E-state index contributed by atoms with van der Waals surface area (Å²) in [6.45, 7) is 0.881. The van der Waals surface area contributed by atoms with Crippen LogP contribution in [0, 0.1) is 9.81 Å². The van der Waals surface area contributed by atoms with Crippen molar-refractivity contribution in [1.29, 1.82) is 0 Å². The van der Waals surface area contributed by atoms with Crippen molar-refractivity contribution in [2.24, 2.45) is 10.6 Å². The first-order valence-electron chi connectivity index (χ1n) is 7.49. The van der Waals surface area contributed by atoms with E-state index in [1.807, 2.05) is 0 Å². The molecule has 0 saturated heterocycles. The van der Waals surface area contributed by atoms with Gasteiger partial charge in [-0.2, -0.15) is 10.0 Å². The number of hydrogen-bond acceptors (Lipinski definition) is 6. The summed E-state index contributed by atoms with van der Waals surface area (Å²) in [7, 11) is 0. The quantitative estimate of drug-likeness (QED) is 0.219. The van der Waals surface area contributed by atoms with Gasteiger partial charge in [-0.15, -0.1) is 33.0 Å². The molecule has 0 atom stereocenters. The van der Waals surface area contributed by atoms with Crippen LogP contribution >= 0.6 is 23.2 Å². The van der Waals surface area contributed by atoms with Crippen LogP contribution in [0.25, 0.3) is 0 Å². The van der Waals surface area contributed by atoms with Crippen molar-refractivity contribution < 1.29 is 9.59 Å². The second kappa shape index (κ2) is 14.9. The Morgan fingerprint density at radius 3 is 1.42 bits per heavy atom. The lowest BCUT2D eigenvalue weighted by Gasteiger charge is -2.15. The van der Waals surface area contributed by atoms with Crippen LogP contribution in [0.5, 0.6) is 0 Å². The third-order valence-corrected chi connectivity index (χ3v) is 3.28. The molecule has 0 heterocycles. The number of alkyl halides is 2. The van der Waals surface area contributed by atoms with E-state index in [9.17, 15) is 19.4 Å². The van der Waals surface area contributed by atoms with E-state index in [0.717, 1.165) is 10.0 Å². The van der Waals surface area contributed by atoms with Crippen LogP contribution in [0.1, 0.15) is 25.7 Å². The Morgan fingerprint density at radius 2 is 1.12 bits per heavy atom. The second-order valence-corrected chi connectivity index (χ2v) is 5.42. The highest BCUT2D eigenvalue weighted by molar-refractivity contribution is 6.18. The fourth-order valence-electron chi connectivity index (χ4n) is 1.73. The van der Waals surface area contributed by atoms with Crippen molar-refractivity contribution in [1.82, 2.24) is 20.7 Å². The standard InChI is InChI=1S/C12H22Cl2N6O4/c13-5-7-15-11(21)19(17-23)9-3-1-2-4-10-20(18-24)12(22)16-8-6-14/h1-10H2,(H,15,21)(H,16,22). The largest absolute Gasteiger partial charge is 0.340 e. The summed E-state index contributed by atoms with van der Waals surface area (Å²) in [5.41, 5.74) is 0. The van der Waals surface area contributed by atoms with Crippen LogP contribution in [0.2, 0.25) is 0 Å². The fourth-order valence-corrected chi connectivity index (χ4v) is 1.92. The van der Waals surface area contributed by atoms with Gasteiger partial charge < -0.3 is 10.6 Å². The van der Waals surface area contributed by atoms with Gasteiger partial charge in [-0.05, 0) is 12.8 Å². The topological polar surface area (TPSA) is 124 Å². The zero-order valence-electron chi connectivity index (χ0n) is 13.2. The summed E-state index contributed by atoms with van der Waals surface area (Å²) >= 11 is 10.9. The summed E-state index contributed by atoms with van der Waals surface area (Å²) in [5.74, 6) is 0.496. The second-order valence-electron chi connectivity index (χ2n) is 4.67. The minimum atomic E-state index is -0.585. The molecule has 0 aliphatic carbocycles. The first-order chi connectivity index (χ1) is 11.6. The molecule has 138 valence electrons. The predicted octanol–water partition coefficient (Wildman–Crippen LogP) is 2.41. The minimum absolute atomic E-state index is 0.184.